The molecular weight excluding hydrogens is 192 g/mol. The minimum absolute atomic E-state index is 0.0297. The number of carbonyl (C=O) groups excluding carboxylic acids is 1. The van der Waals surface area contributed by atoms with Crippen LogP contribution in [0.3, 0.4) is 0 Å². The SMILES string of the molecule is C[C@H](N)C(=O)N(C)CCC1CCOCC1. The summed E-state index contributed by atoms with van der Waals surface area (Å²) >= 11 is 0. The van der Waals surface area contributed by atoms with Crippen molar-refractivity contribution in [2.75, 3.05) is 26.8 Å². The van der Waals surface area contributed by atoms with Crippen LogP contribution in [-0.2, 0) is 9.53 Å². The number of likely N-dealkylation sites (N-methyl/N-ethyl adjacent to an activating group) is 1. The third-order valence-corrected chi connectivity index (χ3v) is 2.98. The quantitative estimate of drug-likeness (QED) is 0.746. The zero-order valence-electron chi connectivity index (χ0n) is 9.74. The maximum atomic E-state index is 11.5. The molecule has 0 aromatic carbocycles. The lowest BCUT2D eigenvalue weighted by Gasteiger charge is -2.25. The lowest BCUT2D eigenvalue weighted by Crippen LogP contribution is -2.40. The average molecular weight is 214 g/mol. The predicted octanol–water partition coefficient (Wildman–Crippen LogP) is 0.609. The number of hydrogen-bond donors (Lipinski definition) is 1. The lowest BCUT2D eigenvalue weighted by atomic mass is 9.96. The molecule has 0 saturated carbocycles. The topological polar surface area (TPSA) is 55.6 Å². The number of hydrogen-bond acceptors (Lipinski definition) is 3. The van der Waals surface area contributed by atoms with E-state index < -0.39 is 0 Å². The molecule has 1 amide bonds. The molecule has 1 aliphatic rings. The summed E-state index contributed by atoms with van der Waals surface area (Å²) < 4.78 is 5.29. The monoisotopic (exact) mass is 214 g/mol. The minimum Gasteiger partial charge on any atom is -0.381 e. The Morgan fingerprint density at radius 3 is 2.67 bits per heavy atom. The first-order chi connectivity index (χ1) is 7.11. The van der Waals surface area contributed by atoms with E-state index >= 15 is 0 Å². The number of rotatable bonds is 4. The third-order valence-electron chi connectivity index (χ3n) is 2.98. The summed E-state index contributed by atoms with van der Waals surface area (Å²) in [5.41, 5.74) is 5.53. The first-order valence-electron chi connectivity index (χ1n) is 5.69. The fraction of sp³-hybridized carbons (Fsp3) is 0.909. The third kappa shape index (κ3) is 4.18. The van der Waals surface area contributed by atoms with Gasteiger partial charge in [0.25, 0.3) is 0 Å². The van der Waals surface area contributed by atoms with Crippen molar-refractivity contribution in [3.63, 3.8) is 0 Å². The molecule has 1 atom stereocenters. The molecule has 0 aromatic heterocycles. The van der Waals surface area contributed by atoms with Crippen LogP contribution in [0.5, 0.6) is 0 Å². The van der Waals surface area contributed by atoms with Crippen LogP contribution in [0.4, 0.5) is 0 Å². The van der Waals surface area contributed by atoms with Crippen LogP contribution in [0.1, 0.15) is 26.2 Å². The van der Waals surface area contributed by atoms with Gasteiger partial charge in [-0.15, -0.1) is 0 Å². The highest BCUT2D eigenvalue weighted by Gasteiger charge is 2.17. The smallest absolute Gasteiger partial charge is 0.238 e. The molecule has 0 bridgehead atoms. The van der Waals surface area contributed by atoms with Crippen molar-refractivity contribution in [2.45, 2.75) is 32.2 Å². The summed E-state index contributed by atoms with van der Waals surface area (Å²) in [4.78, 5) is 13.2. The first kappa shape index (κ1) is 12.5. The van der Waals surface area contributed by atoms with Gasteiger partial charge in [-0.25, -0.2) is 0 Å². The molecular formula is C11H22N2O2. The van der Waals surface area contributed by atoms with E-state index in [4.69, 9.17) is 10.5 Å². The Hall–Kier alpha value is -0.610. The second-order valence-electron chi connectivity index (χ2n) is 4.39. The molecule has 88 valence electrons. The largest absolute Gasteiger partial charge is 0.381 e. The van der Waals surface area contributed by atoms with E-state index in [0.717, 1.165) is 39.0 Å². The zero-order valence-corrected chi connectivity index (χ0v) is 9.74. The van der Waals surface area contributed by atoms with E-state index in [1.54, 1.807) is 11.8 Å². The number of nitrogens with zero attached hydrogens (tertiary/aromatic N) is 1. The summed E-state index contributed by atoms with van der Waals surface area (Å²) in [6, 6.07) is -0.385. The Labute approximate surface area is 91.8 Å². The Kier molecular flexibility index (Phi) is 5.05. The lowest BCUT2D eigenvalue weighted by molar-refractivity contribution is -0.131. The van der Waals surface area contributed by atoms with Crippen molar-refractivity contribution < 1.29 is 9.53 Å². The second kappa shape index (κ2) is 6.08. The van der Waals surface area contributed by atoms with Crippen LogP contribution < -0.4 is 5.73 Å². The summed E-state index contributed by atoms with van der Waals surface area (Å²) in [5.74, 6) is 0.740. The number of ether oxygens (including phenoxy) is 1. The molecule has 1 saturated heterocycles. The highest BCUT2D eigenvalue weighted by molar-refractivity contribution is 5.80. The standard InChI is InChI=1S/C11H22N2O2/c1-9(12)11(14)13(2)6-3-10-4-7-15-8-5-10/h9-10H,3-8,12H2,1-2H3/t9-/m0/s1. The van der Waals surface area contributed by atoms with Crippen molar-refractivity contribution >= 4 is 5.91 Å². The Morgan fingerprint density at radius 2 is 2.13 bits per heavy atom. The molecule has 4 nitrogen and oxygen atoms in total. The normalized spacial score (nSPS) is 19.9. The predicted molar refractivity (Wildman–Crippen MR) is 59.4 cm³/mol. The van der Waals surface area contributed by atoms with Crippen LogP contribution in [0, 0.1) is 5.92 Å². The highest BCUT2D eigenvalue weighted by atomic mass is 16.5. The first-order valence-corrected chi connectivity index (χ1v) is 5.69. The fourth-order valence-electron chi connectivity index (χ4n) is 1.87. The van der Waals surface area contributed by atoms with E-state index in [1.807, 2.05) is 7.05 Å². The van der Waals surface area contributed by atoms with Crippen LogP contribution >= 0.6 is 0 Å². The van der Waals surface area contributed by atoms with Gasteiger partial charge in [0, 0.05) is 26.8 Å². The van der Waals surface area contributed by atoms with Gasteiger partial charge in [0.05, 0.1) is 6.04 Å². The van der Waals surface area contributed by atoms with E-state index in [0.29, 0.717) is 5.92 Å². The van der Waals surface area contributed by atoms with Gasteiger partial charge < -0.3 is 15.4 Å². The summed E-state index contributed by atoms with van der Waals surface area (Å²) in [7, 11) is 1.82. The van der Waals surface area contributed by atoms with Crippen LogP contribution in [0.2, 0.25) is 0 Å². The minimum atomic E-state index is -0.385. The summed E-state index contributed by atoms with van der Waals surface area (Å²) in [6.45, 7) is 4.28. The molecule has 0 unspecified atom stereocenters. The molecule has 1 aliphatic heterocycles. The van der Waals surface area contributed by atoms with Gasteiger partial charge in [-0.05, 0) is 32.1 Å². The summed E-state index contributed by atoms with van der Waals surface area (Å²) in [6.07, 6.45) is 3.32. The number of carbonyl (C=O) groups is 1. The van der Waals surface area contributed by atoms with Gasteiger partial charge in [-0.1, -0.05) is 0 Å². The van der Waals surface area contributed by atoms with E-state index in [2.05, 4.69) is 0 Å². The molecule has 0 aliphatic carbocycles. The van der Waals surface area contributed by atoms with Gasteiger partial charge in [-0.3, -0.25) is 4.79 Å². The van der Waals surface area contributed by atoms with E-state index in [-0.39, 0.29) is 11.9 Å². The van der Waals surface area contributed by atoms with Gasteiger partial charge in [0.1, 0.15) is 0 Å². The molecule has 4 heteroatoms. The van der Waals surface area contributed by atoms with Crippen LogP contribution in [0.25, 0.3) is 0 Å². The van der Waals surface area contributed by atoms with Crippen LogP contribution in [0.15, 0.2) is 0 Å². The van der Waals surface area contributed by atoms with E-state index in [1.165, 1.54) is 0 Å². The molecule has 2 N–H and O–H groups in total. The molecule has 0 aromatic rings. The average Bonchev–Trinajstić information content (AvgIpc) is 2.26. The molecule has 1 rings (SSSR count). The van der Waals surface area contributed by atoms with Crippen molar-refractivity contribution in [3.8, 4) is 0 Å². The molecule has 15 heavy (non-hydrogen) atoms. The van der Waals surface area contributed by atoms with Gasteiger partial charge in [0.15, 0.2) is 0 Å². The molecule has 1 fully saturated rings. The van der Waals surface area contributed by atoms with Gasteiger partial charge in [-0.2, -0.15) is 0 Å². The fourth-order valence-corrected chi connectivity index (χ4v) is 1.87. The van der Waals surface area contributed by atoms with Crippen molar-refractivity contribution in [3.05, 3.63) is 0 Å². The van der Waals surface area contributed by atoms with Crippen LogP contribution in [-0.4, -0.2) is 43.7 Å². The van der Waals surface area contributed by atoms with Crippen molar-refractivity contribution in [1.29, 1.82) is 0 Å². The van der Waals surface area contributed by atoms with E-state index in [9.17, 15) is 4.79 Å². The Bertz CT molecular complexity index is 201. The Morgan fingerprint density at radius 1 is 1.53 bits per heavy atom. The number of nitrogens with two attached hydrogens (primary N) is 1. The zero-order chi connectivity index (χ0) is 11.3. The number of amides is 1. The van der Waals surface area contributed by atoms with Crippen molar-refractivity contribution in [1.82, 2.24) is 4.90 Å². The molecule has 1 heterocycles. The molecule has 0 spiro atoms. The Balaban J connectivity index is 2.20. The highest BCUT2D eigenvalue weighted by Crippen LogP contribution is 2.18. The molecule has 0 radical (unpaired) electrons. The summed E-state index contributed by atoms with van der Waals surface area (Å²) in [5, 5.41) is 0. The maximum Gasteiger partial charge on any atom is 0.238 e. The second-order valence-corrected chi connectivity index (χ2v) is 4.39. The van der Waals surface area contributed by atoms with Gasteiger partial charge >= 0.3 is 0 Å². The maximum absolute atomic E-state index is 11.5. The van der Waals surface area contributed by atoms with Crippen molar-refractivity contribution in [2.24, 2.45) is 11.7 Å². The van der Waals surface area contributed by atoms with Gasteiger partial charge in [0.2, 0.25) is 5.91 Å².